The highest BCUT2D eigenvalue weighted by Crippen LogP contribution is 2.36. The third-order valence-electron chi connectivity index (χ3n) is 4.67. The normalized spacial score (nSPS) is 19.7. The Balaban J connectivity index is 1.66. The molecule has 1 N–H and O–H groups in total. The minimum atomic E-state index is -0.115. The summed E-state index contributed by atoms with van der Waals surface area (Å²) < 4.78 is 0. The van der Waals surface area contributed by atoms with Crippen molar-refractivity contribution in [2.45, 2.75) is 45.2 Å². The summed E-state index contributed by atoms with van der Waals surface area (Å²) in [4.78, 5) is 16.3. The van der Waals surface area contributed by atoms with Crippen LogP contribution in [0.3, 0.4) is 0 Å². The van der Waals surface area contributed by atoms with Crippen LogP contribution >= 0.6 is 11.3 Å². The van der Waals surface area contributed by atoms with Crippen LogP contribution in [-0.2, 0) is 11.2 Å². The lowest BCUT2D eigenvalue weighted by Crippen LogP contribution is -2.41. The van der Waals surface area contributed by atoms with Crippen molar-refractivity contribution >= 4 is 22.9 Å². The van der Waals surface area contributed by atoms with Gasteiger partial charge in [0.1, 0.15) is 0 Å². The number of carbonyl (C=O) groups excluding carboxylic acids is 1. The number of thiophene rings is 1. The summed E-state index contributed by atoms with van der Waals surface area (Å²) in [7, 11) is 0. The zero-order valence-electron chi connectivity index (χ0n) is 13.8. The number of hydrogen-bond donors (Lipinski definition) is 1. The monoisotopic (exact) mass is 328 g/mol. The van der Waals surface area contributed by atoms with Crippen molar-refractivity contribution in [2.75, 3.05) is 11.9 Å². The first kappa shape index (κ1) is 16.2. The Morgan fingerprint density at radius 3 is 2.78 bits per heavy atom. The van der Waals surface area contributed by atoms with Crippen LogP contribution < -0.4 is 5.32 Å². The molecule has 122 valence electrons. The zero-order valence-corrected chi connectivity index (χ0v) is 14.6. The van der Waals surface area contributed by atoms with E-state index in [-0.39, 0.29) is 11.9 Å². The number of nitrogens with one attached hydrogen (secondary N) is 1. The molecule has 3 rings (SSSR count). The predicted octanol–water partition coefficient (Wildman–Crippen LogP) is 4.47. The van der Waals surface area contributed by atoms with E-state index in [2.05, 4.69) is 46.8 Å². The third kappa shape index (κ3) is 3.65. The van der Waals surface area contributed by atoms with Gasteiger partial charge in [0.15, 0.2) is 0 Å². The molecule has 0 saturated carbocycles. The molecule has 0 spiro atoms. The van der Waals surface area contributed by atoms with E-state index in [1.165, 1.54) is 10.4 Å². The van der Waals surface area contributed by atoms with Crippen molar-refractivity contribution in [3.8, 4) is 0 Å². The number of benzene rings is 1. The number of aryl methyl sites for hydroxylation is 1. The van der Waals surface area contributed by atoms with Gasteiger partial charge in [-0.2, -0.15) is 0 Å². The lowest BCUT2D eigenvalue weighted by Gasteiger charge is -2.29. The average Bonchev–Trinajstić information content (AvgIpc) is 3.25. The maximum Gasteiger partial charge on any atom is 0.241 e. The van der Waals surface area contributed by atoms with Gasteiger partial charge < -0.3 is 5.32 Å². The molecular weight excluding hydrogens is 304 g/mol. The molecule has 3 nitrogen and oxygen atoms in total. The van der Waals surface area contributed by atoms with Crippen LogP contribution in [0.1, 0.15) is 43.2 Å². The maximum atomic E-state index is 12.6. The van der Waals surface area contributed by atoms with Crippen molar-refractivity contribution in [3.05, 3.63) is 52.2 Å². The number of likely N-dealkylation sites (tertiary alicyclic amines) is 1. The minimum Gasteiger partial charge on any atom is -0.325 e. The topological polar surface area (TPSA) is 32.3 Å². The van der Waals surface area contributed by atoms with Crippen molar-refractivity contribution in [1.82, 2.24) is 4.90 Å². The predicted molar refractivity (Wildman–Crippen MR) is 96.9 cm³/mol. The molecule has 0 bridgehead atoms. The van der Waals surface area contributed by atoms with Crippen molar-refractivity contribution in [1.29, 1.82) is 0 Å². The molecule has 2 aromatic rings. The molecule has 0 radical (unpaired) electrons. The largest absolute Gasteiger partial charge is 0.325 e. The highest BCUT2D eigenvalue weighted by atomic mass is 32.1. The molecule has 2 unspecified atom stereocenters. The molecule has 1 aliphatic heterocycles. The van der Waals surface area contributed by atoms with Crippen molar-refractivity contribution < 1.29 is 4.79 Å². The summed E-state index contributed by atoms with van der Waals surface area (Å²) in [6.07, 6.45) is 3.32. The van der Waals surface area contributed by atoms with Crippen LogP contribution in [-0.4, -0.2) is 23.4 Å². The van der Waals surface area contributed by atoms with Gasteiger partial charge in [0.2, 0.25) is 5.91 Å². The smallest absolute Gasteiger partial charge is 0.241 e. The van der Waals surface area contributed by atoms with E-state index in [4.69, 9.17) is 0 Å². The second-order valence-electron chi connectivity index (χ2n) is 6.13. The molecule has 4 heteroatoms. The minimum absolute atomic E-state index is 0.0812. The number of rotatable bonds is 5. The number of amides is 1. The van der Waals surface area contributed by atoms with E-state index in [1.807, 2.05) is 19.1 Å². The van der Waals surface area contributed by atoms with Crippen LogP contribution in [0.4, 0.5) is 5.69 Å². The standard InChI is InChI=1S/C19H24N2OS/c1-3-15-8-10-16(11-9-15)20-19(22)14(2)21-12-4-6-17(21)18-7-5-13-23-18/h5,7-11,13-14,17H,3-4,6,12H2,1-2H3,(H,20,22). The summed E-state index contributed by atoms with van der Waals surface area (Å²) in [6, 6.07) is 12.7. The second-order valence-corrected chi connectivity index (χ2v) is 7.11. The van der Waals surface area contributed by atoms with Gasteiger partial charge in [0.25, 0.3) is 0 Å². The van der Waals surface area contributed by atoms with Crippen LogP contribution in [0.2, 0.25) is 0 Å². The average molecular weight is 328 g/mol. The highest BCUT2D eigenvalue weighted by molar-refractivity contribution is 7.10. The van der Waals surface area contributed by atoms with Crippen molar-refractivity contribution in [3.63, 3.8) is 0 Å². The molecular formula is C19H24N2OS. The van der Waals surface area contributed by atoms with Gasteiger partial charge >= 0.3 is 0 Å². The van der Waals surface area contributed by atoms with E-state index >= 15 is 0 Å². The maximum absolute atomic E-state index is 12.6. The first-order chi connectivity index (χ1) is 11.2. The molecule has 0 aliphatic carbocycles. The van der Waals surface area contributed by atoms with E-state index in [9.17, 15) is 4.79 Å². The zero-order chi connectivity index (χ0) is 16.2. The summed E-state index contributed by atoms with van der Waals surface area (Å²) in [5.74, 6) is 0.0812. The van der Waals surface area contributed by atoms with Crippen LogP contribution in [0.15, 0.2) is 41.8 Å². The Labute approximate surface area is 142 Å². The number of nitrogens with zero attached hydrogens (tertiary/aromatic N) is 1. The van der Waals surface area contributed by atoms with E-state index in [1.54, 1.807) is 11.3 Å². The van der Waals surface area contributed by atoms with Crippen LogP contribution in [0.25, 0.3) is 0 Å². The van der Waals surface area contributed by atoms with Crippen LogP contribution in [0, 0.1) is 0 Å². The van der Waals surface area contributed by atoms with Crippen molar-refractivity contribution in [2.24, 2.45) is 0 Å². The first-order valence-electron chi connectivity index (χ1n) is 8.38. The molecule has 1 aromatic carbocycles. The van der Waals surface area contributed by atoms with E-state index in [0.29, 0.717) is 6.04 Å². The van der Waals surface area contributed by atoms with Gasteiger partial charge in [0.05, 0.1) is 6.04 Å². The Kier molecular flexibility index (Phi) is 5.13. The Hall–Kier alpha value is -1.65. The summed E-state index contributed by atoms with van der Waals surface area (Å²) >= 11 is 1.79. The number of carbonyl (C=O) groups is 1. The Bertz CT molecular complexity index is 636. The van der Waals surface area contributed by atoms with Gasteiger partial charge in [-0.15, -0.1) is 11.3 Å². The fourth-order valence-electron chi connectivity index (χ4n) is 3.26. The van der Waals surface area contributed by atoms with E-state index < -0.39 is 0 Å². The molecule has 1 aromatic heterocycles. The van der Waals surface area contributed by atoms with Gasteiger partial charge in [-0.1, -0.05) is 25.1 Å². The van der Waals surface area contributed by atoms with E-state index in [0.717, 1.165) is 31.5 Å². The van der Waals surface area contributed by atoms with Crippen LogP contribution in [0.5, 0.6) is 0 Å². The third-order valence-corrected chi connectivity index (χ3v) is 5.65. The number of hydrogen-bond acceptors (Lipinski definition) is 3. The molecule has 1 amide bonds. The SMILES string of the molecule is CCc1ccc(NC(=O)C(C)N2CCCC2c2cccs2)cc1. The second kappa shape index (κ2) is 7.28. The Morgan fingerprint density at radius 1 is 1.35 bits per heavy atom. The molecule has 2 heterocycles. The van der Waals surface area contributed by atoms with Gasteiger partial charge in [-0.05, 0) is 61.9 Å². The first-order valence-corrected chi connectivity index (χ1v) is 9.26. The Morgan fingerprint density at radius 2 is 2.13 bits per heavy atom. The summed E-state index contributed by atoms with van der Waals surface area (Å²) in [5.41, 5.74) is 2.17. The quantitative estimate of drug-likeness (QED) is 0.878. The molecule has 1 saturated heterocycles. The fourth-order valence-corrected chi connectivity index (χ4v) is 4.14. The highest BCUT2D eigenvalue weighted by Gasteiger charge is 2.33. The lowest BCUT2D eigenvalue weighted by molar-refractivity contribution is -0.121. The fraction of sp³-hybridized carbons (Fsp3) is 0.421. The molecule has 1 aliphatic rings. The lowest BCUT2D eigenvalue weighted by atomic mass is 10.1. The summed E-state index contributed by atoms with van der Waals surface area (Å²) in [6.45, 7) is 5.14. The molecule has 2 atom stereocenters. The van der Waals surface area contributed by atoms with Gasteiger partial charge in [-0.3, -0.25) is 9.69 Å². The van der Waals surface area contributed by atoms with Gasteiger partial charge in [-0.25, -0.2) is 0 Å². The van der Waals surface area contributed by atoms with Gasteiger partial charge in [0, 0.05) is 16.6 Å². The molecule has 1 fully saturated rings. The summed E-state index contributed by atoms with van der Waals surface area (Å²) in [5, 5.41) is 5.18. The number of anilines is 1. The molecule has 23 heavy (non-hydrogen) atoms.